The second-order valence-electron chi connectivity index (χ2n) is 5.54. The van der Waals surface area contributed by atoms with E-state index in [1.54, 1.807) is 0 Å². The van der Waals surface area contributed by atoms with Crippen LogP contribution in [0.5, 0.6) is 0 Å². The SMILES string of the molecule is COC(=O)C1CCC(CNC2CCOCC2)CC1.Cl. The van der Waals surface area contributed by atoms with Crippen molar-refractivity contribution in [2.75, 3.05) is 26.9 Å². The molecule has 0 spiro atoms. The van der Waals surface area contributed by atoms with E-state index in [0.29, 0.717) is 6.04 Å². The molecule has 1 aliphatic heterocycles. The lowest BCUT2D eigenvalue weighted by atomic mass is 9.82. The quantitative estimate of drug-likeness (QED) is 0.807. The van der Waals surface area contributed by atoms with Crippen molar-refractivity contribution in [3.63, 3.8) is 0 Å². The number of hydrogen-bond acceptors (Lipinski definition) is 4. The normalized spacial score (nSPS) is 28.5. The number of nitrogens with one attached hydrogen (secondary N) is 1. The number of hydrogen-bond donors (Lipinski definition) is 1. The molecule has 2 fully saturated rings. The summed E-state index contributed by atoms with van der Waals surface area (Å²) in [5.74, 6) is 0.855. The van der Waals surface area contributed by atoms with Crippen LogP contribution in [-0.4, -0.2) is 38.9 Å². The molecule has 2 aliphatic rings. The monoisotopic (exact) mass is 291 g/mol. The summed E-state index contributed by atoms with van der Waals surface area (Å²) in [6.45, 7) is 2.89. The Morgan fingerprint density at radius 1 is 1.16 bits per heavy atom. The van der Waals surface area contributed by atoms with Crippen molar-refractivity contribution in [2.45, 2.75) is 44.6 Å². The Bertz CT molecular complexity index is 261. The molecule has 1 aliphatic carbocycles. The van der Waals surface area contributed by atoms with Crippen molar-refractivity contribution in [1.82, 2.24) is 5.32 Å². The lowest BCUT2D eigenvalue weighted by Gasteiger charge is -2.30. The summed E-state index contributed by atoms with van der Waals surface area (Å²) in [4.78, 5) is 11.4. The van der Waals surface area contributed by atoms with Gasteiger partial charge in [0.15, 0.2) is 0 Å². The molecule has 19 heavy (non-hydrogen) atoms. The lowest BCUT2D eigenvalue weighted by molar-refractivity contribution is -0.146. The van der Waals surface area contributed by atoms with E-state index >= 15 is 0 Å². The number of methoxy groups -OCH3 is 1. The number of esters is 1. The van der Waals surface area contributed by atoms with Crippen LogP contribution in [0, 0.1) is 11.8 Å². The van der Waals surface area contributed by atoms with Gasteiger partial charge < -0.3 is 14.8 Å². The minimum absolute atomic E-state index is 0. The minimum atomic E-state index is -0.0224. The summed E-state index contributed by atoms with van der Waals surface area (Å²) in [5.41, 5.74) is 0. The van der Waals surface area contributed by atoms with Gasteiger partial charge in [-0.25, -0.2) is 0 Å². The maximum Gasteiger partial charge on any atom is 0.308 e. The predicted octanol–water partition coefficient (Wildman–Crippen LogP) is 2.16. The third kappa shape index (κ3) is 5.28. The van der Waals surface area contributed by atoms with Gasteiger partial charge in [0.1, 0.15) is 0 Å². The van der Waals surface area contributed by atoms with Crippen molar-refractivity contribution in [3.05, 3.63) is 0 Å². The molecule has 5 heteroatoms. The van der Waals surface area contributed by atoms with Gasteiger partial charge in [-0.1, -0.05) is 0 Å². The van der Waals surface area contributed by atoms with Gasteiger partial charge in [-0.05, 0) is 51.0 Å². The molecule has 112 valence electrons. The number of halogens is 1. The highest BCUT2D eigenvalue weighted by Crippen LogP contribution is 2.29. The van der Waals surface area contributed by atoms with Crippen LogP contribution in [0.15, 0.2) is 0 Å². The molecule has 2 rings (SSSR count). The van der Waals surface area contributed by atoms with Crippen molar-refractivity contribution in [2.24, 2.45) is 11.8 Å². The van der Waals surface area contributed by atoms with Crippen molar-refractivity contribution in [3.8, 4) is 0 Å². The molecule has 0 amide bonds. The average molecular weight is 292 g/mol. The summed E-state index contributed by atoms with van der Waals surface area (Å²) in [6, 6.07) is 0.636. The Morgan fingerprint density at radius 2 is 1.79 bits per heavy atom. The fraction of sp³-hybridized carbons (Fsp3) is 0.929. The molecule has 0 atom stereocenters. The zero-order valence-electron chi connectivity index (χ0n) is 11.7. The first-order valence-electron chi connectivity index (χ1n) is 7.18. The number of carbonyl (C=O) groups excluding carboxylic acids is 1. The highest BCUT2D eigenvalue weighted by Gasteiger charge is 2.27. The maximum atomic E-state index is 11.4. The zero-order valence-corrected chi connectivity index (χ0v) is 12.5. The topological polar surface area (TPSA) is 47.6 Å². The predicted molar refractivity (Wildman–Crippen MR) is 76.6 cm³/mol. The summed E-state index contributed by atoms with van der Waals surface area (Å²) in [6.07, 6.45) is 6.56. The Labute approximate surface area is 122 Å². The molecule has 1 heterocycles. The molecule has 1 N–H and O–H groups in total. The van der Waals surface area contributed by atoms with Crippen molar-refractivity contribution < 1.29 is 14.3 Å². The molecule has 1 saturated carbocycles. The maximum absolute atomic E-state index is 11.4. The molecular formula is C14H26ClNO3. The summed E-state index contributed by atoms with van der Waals surface area (Å²) < 4.78 is 10.2. The van der Waals surface area contributed by atoms with Crippen molar-refractivity contribution in [1.29, 1.82) is 0 Å². The number of rotatable bonds is 4. The van der Waals surface area contributed by atoms with Gasteiger partial charge in [0, 0.05) is 19.3 Å². The fourth-order valence-electron chi connectivity index (χ4n) is 3.00. The second kappa shape index (κ2) is 8.77. The summed E-state index contributed by atoms with van der Waals surface area (Å²) in [7, 11) is 1.49. The van der Waals surface area contributed by atoms with Crippen LogP contribution in [0.4, 0.5) is 0 Å². The molecular weight excluding hydrogens is 266 g/mol. The van der Waals surface area contributed by atoms with E-state index in [0.717, 1.165) is 64.2 Å². The summed E-state index contributed by atoms with van der Waals surface area (Å²) in [5, 5.41) is 3.65. The third-order valence-corrected chi connectivity index (χ3v) is 4.30. The molecule has 1 saturated heterocycles. The zero-order chi connectivity index (χ0) is 12.8. The second-order valence-corrected chi connectivity index (χ2v) is 5.54. The van der Waals surface area contributed by atoms with E-state index in [1.165, 1.54) is 7.11 Å². The van der Waals surface area contributed by atoms with Crippen LogP contribution in [0.2, 0.25) is 0 Å². The average Bonchev–Trinajstić information content (AvgIpc) is 2.46. The molecule has 0 bridgehead atoms. The molecule has 0 radical (unpaired) electrons. The first kappa shape index (κ1) is 16.7. The van der Waals surface area contributed by atoms with Gasteiger partial charge in [0.05, 0.1) is 13.0 Å². The Balaban J connectivity index is 0.00000180. The van der Waals surface area contributed by atoms with E-state index in [2.05, 4.69) is 5.32 Å². The van der Waals surface area contributed by atoms with E-state index in [-0.39, 0.29) is 24.3 Å². The molecule has 0 aromatic rings. The first-order valence-corrected chi connectivity index (χ1v) is 7.18. The van der Waals surface area contributed by atoms with E-state index in [1.807, 2.05) is 0 Å². The van der Waals surface area contributed by atoms with Crippen LogP contribution < -0.4 is 5.32 Å². The van der Waals surface area contributed by atoms with Crippen LogP contribution in [0.1, 0.15) is 38.5 Å². The highest BCUT2D eigenvalue weighted by molar-refractivity contribution is 5.85. The first-order chi connectivity index (χ1) is 8.79. The van der Waals surface area contributed by atoms with Gasteiger partial charge in [0.2, 0.25) is 0 Å². The molecule has 0 aromatic heterocycles. The summed E-state index contributed by atoms with van der Waals surface area (Å²) >= 11 is 0. The van der Waals surface area contributed by atoms with Gasteiger partial charge in [-0.15, -0.1) is 12.4 Å². The lowest BCUT2D eigenvalue weighted by Crippen LogP contribution is -2.38. The molecule has 0 unspecified atom stereocenters. The van der Waals surface area contributed by atoms with Gasteiger partial charge in [0.25, 0.3) is 0 Å². The van der Waals surface area contributed by atoms with E-state index < -0.39 is 0 Å². The van der Waals surface area contributed by atoms with E-state index in [9.17, 15) is 4.79 Å². The largest absolute Gasteiger partial charge is 0.469 e. The third-order valence-electron chi connectivity index (χ3n) is 4.30. The Kier molecular flexibility index (Phi) is 7.73. The smallest absolute Gasteiger partial charge is 0.308 e. The minimum Gasteiger partial charge on any atom is -0.469 e. The van der Waals surface area contributed by atoms with Crippen molar-refractivity contribution >= 4 is 18.4 Å². The van der Waals surface area contributed by atoms with Crippen LogP contribution in [0.25, 0.3) is 0 Å². The molecule has 0 aromatic carbocycles. The van der Waals surface area contributed by atoms with Crippen LogP contribution in [0.3, 0.4) is 0 Å². The fourth-order valence-corrected chi connectivity index (χ4v) is 3.00. The standard InChI is InChI=1S/C14H25NO3.ClH/c1-17-14(16)12-4-2-11(3-5-12)10-15-13-6-8-18-9-7-13;/h11-13,15H,2-10H2,1H3;1H. The number of carbonyl (C=O) groups is 1. The van der Waals surface area contributed by atoms with Gasteiger partial charge in [-0.3, -0.25) is 4.79 Å². The Morgan fingerprint density at radius 3 is 2.37 bits per heavy atom. The van der Waals surface area contributed by atoms with E-state index in [4.69, 9.17) is 9.47 Å². The highest BCUT2D eigenvalue weighted by atomic mass is 35.5. The Hall–Kier alpha value is -0.320. The van der Waals surface area contributed by atoms with Gasteiger partial charge >= 0.3 is 5.97 Å². The van der Waals surface area contributed by atoms with Crippen LogP contribution in [-0.2, 0) is 14.3 Å². The number of ether oxygens (including phenoxy) is 2. The van der Waals surface area contributed by atoms with Crippen LogP contribution >= 0.6 is 12.4 Å². The van der Waals surface area contributed by atoms with Gasteiger partial charge in [-0.2, -0.15) is 0 Å². The molecule has 4 nitrogen and oxygen atoms in total.